The van der Waals surface area contributed by atoms with Crippen LogP contribution in [0.4, 0.5) is 0 Å². The van der Waals surface area contributed by atoms with Crippen molar-refractivity contribution in [3.05, 3.63) is 35.9 Å². The molecule has 1 aromatic carbocycles. The van der Waals surface area contributed by atoms with E-state index in [1.807, 2.05) is 30.3 Å². The van der Waals surface area contributed by atoms with Crippen LogP contribution in [-0.2, 0) is 0 Å². The Morgan fingerprint density at radius 3 is 2.40 bits per heavy atom. The molecule has 0 radical (unpaired) electrons. The minimum atomic E-state index is 0.501. The maximum atomic E-state index is 5.50. The minimum Gasteiger partial charge on any atom is -0.383 e. The third-order valence-electron chi connectivity index (χ3n) is 1.16. The minimum absolute atomic E-state index is 0.501. The van der Waals surface area contributed by atoms with Gasteiger partial charge in [0.05, 0.1) is 16.1 Å². The van der Waals surface area contributed by atoms with Crippen molar-refractivity contribution in [1.29, 1.82) is 0 Å². The Hall–Kier alpha value is -0.830. The van der Waals surface area contributed by atoms with Crippen LogP contribution >= 0.6 is 16.1 Å². The summed E-state index contributed by atoms with van der Waals surface area (Å²) in [5.74, 6) is 0.501. The number of nitrogens with two attached hydrogens (primary N) is 1. The van der Waals surface area contributed by atoms with Gasteiger partial charge in [-0.3, -0.25) is 0 Å². The van der Waals surface area contributed by atoms with Crippen molar-refractivity contribution in [1.82, 2.24) is 0 Å². The fraction of sp³-hybridized carbons (Fsp3) is 0. The van der Waals surface area contributed by atoms with Gasteiger partial charge in [-0.15, -0.1) is 0 Å². The summed E-state index contributed by atoms with van der Waals surface area (Å²) in [6.45, 7) is 0. The average molecular weight is 199 g/mol. The first-order chi connectivity index (χ1) is 4.84. The highest BCUT2D eigenvalue weighted by Crippen LogP contribution is 1.98. The Morgan fingerprint density at radius 2 is 1.90 bits per heavy atom. The highest BCUT2D eigenvalue weighted by atomic mass is 79.9. The van der Waals surface area contributed by atoms with Crippen molar-refractivity contribution in [2.24, 2.45) is 9.75 Å². The molecule has 0 atom stereocenters. The third kappa shape index (κ3) is 1.57. The zero-order valence-electron chi connectivity index (χ0n) is 5.29. The van der Waals surface area contributed by atoms with E-state index in [0.29, 0.717) is 5.84 Å². The van der Waals surface area contributed by atoms with Crippen molar-refractivity contribution in [2.75, 3.05) is 0 Å². The fourth-order valence-corrected chi connectivity index (χ4v) is 0.862. The molecule has 0 unspecified atom stereocenters. The number of benzene rings is 1. The molecule has 0 spiro atoms. The van der Waals surface area contributed by atoms with E-state index in [4.69, 9.17) is 5.73 Å². The van der Waals surface area contributed by atoms with E-state index in [1.165, 1.54) is 0 Å². The fourth-order valence-electron chi connectivity index (χ4n) is 0.658. The zero-order valence-corrected chi connectivity index (χ0v) is 6.88. The summed E-state index contributed by atoms with van der Waals surface area (Å²) in [5.41, 5.74) is 6.43. The van der Waals surface area contributed by atoms with Gasteiger partial charge in [-0.1, -0.05) is 30.3 Å². The molecule has 0 saturated carbocycles. The predicted molar refractivity (Wildman–Crippen MR) is 46.1 cm³/mol. The first kappa shape index (κ1) is 7.28. The van der Waals surface area contributed by atoms with Crippen molar-refractivity contribution >= 4 is 22.0 Å². The number of amidine groups is 1. The molecule has 1 rings (SSSR count). The lowest BCUT2D eigenvalue weighted by molar-refractivity contribution is 1.57. The van der Waals surface area contributed by atoms with E-state index in [2.05, 4.69) is 20.2 Å². The molecule has 2 N–H and O–H groups in total. The molecule has 0 heterocycles. The van der Waals surface area contributed by atoms with Crippen LogP contribution in [0.5, 0.6) is 0 Å². The monoisotopic (exact) mass is 198 g/mol. The lowest BCUT2D eigenvalue weighted by Gasteiger charge is -1.94. The Kier molecular flexibility index (Phi) is 2.45. The molecule has 52 valence electrons. The smallest absolute Gasteiger partial charge is 0.138 e. The van der Waals surface area contributed by atoms with Gasteiger partial charge in [0.25, 0.3) is 0 Å². The van der Waals surface area contributed by atoms with Gasteiger partial charge in [0.1, 0.15) is 5.84 Å². The number of rotatable bonds is 1. The summed E-state index contributed by atoms with van der Waals surface area (Å²) in [4.78, 5) is 0. The Balaban J connectivity index is 2.96. The summed E-state index contributed by atoms with van der Waals surface area (Å²) in [6, 6.07) is 9.58. The van der Waals surface area contributed by atoms with Crippen LogP contribution < -0.4 is 5.73 Å². The van der Waals surface area contributed by atoms with E-state index in [0.717, 1.165) is 5.56 Å². The lowest BCUT2D eigenvalue weighted by Crippen LogP contribution is -2.11. The van der Waals surface area contributed by atoms with Crippen molar-refractivity contribution < 1.29 is 0 Å². The molecule has 0 aromatic heterocycles. The van der Waals surface area contributed by atoms with Crippen LogP contribution in [0.15, 0.2) is 34.4 Å². The molecule has 0 amide bonds. The van der Waals surface area contributed by atoms with Gasteiger partial charge in [0, 0.05) is 5.56 Å². The van der Waals surface area contributed by atoms with Crippen LogP contribution in [-0.4, -0.2) is 5.84 Å². The van der Waals surface area contributed by atoms with E-state index < -0.39 is 0 Å². The van der Waals surface area contributed by atoms with Gasteiger partial charge in [-0.25, -0.2) is 0 Å². The van der Waals surface area contributed by atoms with Gasteiger partial charge in [0.15, 0.2) is 0 Å². The first-order valence-corrected chi connectivity index (χ1v) is 3.55. The van der Waals surface area contributed by atoms with E-state index in [-0.39, 0.29) is 0 Å². The van der Waals surface area contributed by atoms with E-state index >= 15 is 0 Å². The molecule has 0 aliphatic rings. The lowest BCUT2D eigenvalue weighted by atomic mass is 10.2. The summed E-state index contributed by atoms with van der Waals surface area (Å²) >= 11 is 2.91. The SMILES string of the molecule is N/C(=N\Br)c1ccccc1. The standard InChI is InChI=1S/C7H7BrN2/c8-10-7(9)6-4-2-1-3-5-6/h1-5H,(H2,9,10). The van der Waals surface area contributed by atoms with E-state index in [9.17, 15) is 0 Å². The molecule has 0 saturated heterocycles. The zero-order chi connectivity index (χ0) is 7.40. The van der Waals surface area contributed by atoms with Crippen LogP contribution in [0.3, 0.4) is 0 Å². The van der Waals surface area contributed by atoms with Gasteiger partial charge < -0.3 is 5.73 Å². The molecule has 2 nitrogen and oxygen atoms in total. The quantitative estimate of drug-likeness (QED) is 0.542. The molecule has 0 bridgehead atoms. The van der Waals surface area contributed by atoms with Crippen LogP contribution in [0.25, 0.3) is 0 Å². The average Bonchev–Trinajstić information content (AvgIpc) is 2.05. The first-order valence-electron chi connectivity index (χ1n) is 2.84. The van der Waals surface area contributed by atoms with Crippen LogP contribution in [0.1, 0.15) is 5.56 Å². The summed E-state index contributed by atoms with van der Waals surface area (Å²) in [7, 11) is 0. The number of hydrogen-bond acceptors (Lipinski definition) is 1. The molecular weight excluding hydrogens is 192 g/mol. The second kappa shape index (κ2) is 3.37. The summed E-state index contributed by atoms with van der Waals surface area (Å²) < 4.78 is 3.67. The summed E-state index contributed by atoms with van der Waals surface area (Å²) in [5, 5.41) is 0. The largest absolute Gasteiger partial charge is 0.383 e. The Bertz CT molecular complexity index is 231. The third-order valence-corrected chi connectivity index (χ3v) is 1.54. The topological polar surface area (TPSA) is 38.4 Å². The number of nitrogens with zero attached hydrogens (tertiary/aromatic N) is 1. The predicted octanol–water partition coefficient (Wildman–Crippen LogP) is 1.70. The van der Waals surface area contributed by atoms with Gasteiger partial charge in [-0.05, 0) is 0 Å². The highest BCUT2D eigenvalue weighted by Gasteiger charge is 1.92. The maximum absolute atomic E-state index is 5.50. The number of hydrogen-bond donors (Lipinski definition) is 1. The van der Waals surface area contributed by atoms with Crippen LogP contribution in [0, 0.1) is 0 Å². The van der Waals surface area contributed by atoms with E-state index in [1.54, 1.807) is 0 Å². The molecule has 0 fully saturated rings. The highest BCUT2D eigenvalue weighted by molar-refractivity contribution is 9.08. The van der Waals surface area contributed by atoms with Crippen molar-refractivity contribution in [3.8, 4) is 0 Å². The van der Waals surface area contributed by atoms with Gasteiger partial charge in [0.2, 0.25) is 0 Å². The van der Waals surface area contributed by atoms with Gasteiger partial charge in [-0.2, -0.15) is 4.02 Å². The Labute approximate surface area is 68.1 Å². The molecule has 10 heavy (non-hydrogen) atoms. The molecule has 0 aliphatic carbocycles. The van der Waals surface area contributed by atoms with Gasteiger partial charge >= 0.3 is 0 Å². The Morgan fingerprint density at radius 1 is 1.30 bits per heavy atom. The second-order valence-electron chi connectivity index (χ2n) is 1.84. The maximum Gasteiger partial charge on any atom is 0.138 e. The molecule has 0 aliphatic heterocycles. The molecular formula is C7H7BrN2. The molecule has 1 aromatic rings. The number of halogens is 1. The van der Waals surface area contributed by atoms with Crippen molar-refractivity contribution in [3.63, 3.8) is 0 Å². The van der Waals surface area contributed by atoms with Crippen molar-refractivity contribution in [2.45, 2.75) is 0 Å². The van der Waals surface area contributed by atoms with Crippen LogP contribution in [0.2, 0.25) is 0 Å². The normalized spacial score (nSPS) is 11.5. The molecule has 3 heteroatoms. The summed E-state index contributed by atoms with van der Waals surface area (Å²) in [6.07, 6.45) is 0. The second-order valence-corrected chi connectivity index (χ2v) is 2.19.